The van der Waals surface area contributed by atoms with Crippen LogP contribution in [0.1, 0.15) is 28.0 Å². The van der Waals surface area contributed by atoms with Gasteiger partial charge >= 0.3 is 0 Å². The number of carbonyl (C=O) groups excluding carboxylic acids is 1. The number of ether oxygens (including phenoxy) is 2. The smallest absolute Gasteiger partial charge is 0.248 e. The van der Waals surface area contributed by atoms with Crippen molar-refractivity contribution >= 4 is 29.0 Å². The molecule has 0 unspecified atom stereocenters. The van der Waals surface area contributed by atoms with E-state index in [1.165, 1.54) is 0 Å². The van der Waals surface area contributed by atoms with Gasteiger partial charge in [-0.25, -0.2) is 4.68 Å². The number of nitrogens with two attached hydrogens (primary N) is 1. The third kappa shape index (κ3) is 3.50. The monoisotopic (exact) mass is 416 g/mol. The van der Waals surface area contributed by atoms with E-state index in [0.29, 0.717) is 36.8 Å². The first-order valence-electron chi connectivity index (χ1n) is 9.84. The molecular weight excluding hydrogens is 396 g/mol. The second kappa shape index (κ2) is 7.60. The molecule has 0 atom stereocenters. The summed E-state index contributed by atoms with van der Waals surface area (Å²) in [7, 11) is 1.83. The van der Waals surface area contributed by atoms with Gasteiger partial charge in [0.2, 0.25) is 11.8 Å². The van der Waals surface area contributed by atoms with Crippen LogP contribution in [0, 0.1) is 0 Å². The number of aromatic amines is 1. The first-order chi connectivity index (χ1) is 15.1. The summed E-state index contributed by atoms with van der Waals surface area (Å²) in [5.41, 5.74) is 9.78. The van der Waals surface area contributed by atoms with Crippen LogP contribution in [0.25, 0.3) is 34.3 Å². The number of nitrogens with zero attached hydrogens (tertiary/aromatic N) is 4. The van der Waals surface area contributed by atoms with Crippen molar-refractivity contribution in [2.24, 2.45) is 12.8 Å². The molecule has 0 saturated heterocycles. The lowest BCUT2D eigenvalue weighted by Crippen LogP contribution is -2.12. The first kappa shape index (κ1) is 18.9. The van der Waals surface area contributed by atoms with Gasteiger partial charge in [0.05, 0.1) is 48.1 Å². The van der Waals surface area contributed by atoms with Crippen LogP contribution < -0.4 is 15.2 Å². The van der Waals surface area contributed by atoms with Crippen LogP contribution in [-0.2, 0) is 7.05 Å². The van der Waals surface area contributed by atoms with Gasteiger partial charge in [0, 0.05) is 30.0 Å². The average Bonchev–Trinajstić information content (AvgIpc) is 3.34. The molecule has 0 saturated carbocycles. The summed E-state index contributed by atoms with van der Waals surface area (Å²) in [5.74, 6) is 0.709. The number of benzene rings is 1. The van der Waals surface area contributed by atoms with Gasteiger partial charge in [-0.1, -0.05) is 6.07 Å². The van der Waals surface area contributed by atoms with E-state index >= 15 is 0 Å². The highest BCUT2D eigenvalue weighted by Crippen LogP contribution is 2.31. The molecule has 1 aliphatic rings. The summed E-state index contributed by atoms with van der Waals surface area (Å²) in [6, 6.07) is 7.12. The maximum absolute atomic E-state index is 11.6. The quantitative estimate of drug-likeness (QED) is 0.492. The number of aromatic nitrogens is 5. The average molecular weight is 416 g/mol. The summed E-state index contributed by atoms with van der Waals surface area (Å²) in [4.78, 5) is 16.2. The van der Waals surface area contributed by atoms with E-state index in [9.17, 15) is 4.79 Å². The van der Waals surface area contributed by atoms with Crippen molar-refractivity contribution in [1.29, 1.82) is 0 Å². The zero-order valence-corrected chi connectivity index (χ0v) is 16.8. The number of primary amides is 1. The molecule has 0 aliphatic carbocycles. The molecule has 0 radical (unpaired) electrons. The number of hydrogen-bond acceptors (Lipinski definition) is 6. The highest BCUT2D eigenvalue weighted by Gasteiger charge is 2.16. The van der Waals surface area contributed by atoms with Crippen molar-refractivity contribution in [3.05, 3.63) is 53.5 Å². The fourth-order valence-corrected chi connectivity index (χ4v) is 3.51. The van der Waals surface area contributed by atoms with Crippen LogP contribution in [0.3, 0.4) is 0 Å². The topological polar surface area (TPSA) is 121 Å². The predicted octanol–water partition coefficient (Wildman–Crippen LogP) is 2.79. The lowest BCUT2D eigenvalue weighted by atomic mass is 10.1. The molecule has 4 aromatic rings. The maximum Gasteiger partial charge on any atom is 0.248 e. The molecule has 9 heteroatoms. The molecule has 31 heavy (non-hydrogen) atoms. The Balaban J connectivity index is 1.63. The van der Waals surface area contributed by atoms with Gasteiger partial charge in [0.1, 0.15) is 5.75 Å². The summed E-state index contributed by atoms with van der Waals surface area (Å²) in [6.45, 7) is 0.849. The number of nitrogens with one attached hydrogen (secondary N) is 1. The Kier molecular flexibility index (Phi) is 4.62. The summed E-state index contributed by atoms with van der Waals surface area (Å²) >= 11 is 0. The number of hydrogen-bond donors (Lipinski definition) is 2. The van der Waals surface area contributed by atoms with Crippen LogP contribution in [-0.4, -0.2) is 44.1 Å². The van der Waals surface area contributed by atoms with Crippen LogP contribution in [0.2, 0.25) is 0 Å². The van der Waals surface area contributed by atoms with Crippen LogP contribution in [0.15, 0.2) is 36.7 Å². The fourth-order valence-electron chi connectivity index (χ4n) is 3.51. The van der Waals surface area contributed by atoms with E-state index in [0.717, 1.165) is 33.4 Å². The normalized spacial score (nSPS) is 14.6. The van der Waals surface area contributed by atoms with E-state index in [2.05, 4.69) is 20.3 Å². The Bertz CT molecular complexity index is 1320. The zero-order chi connectivity index (χ0) is 21.4. The molecular formula is C22H20N6O3. The van der Waals surface area contributed by atoms with E-state index in [1.54, 1.807) is 29.2 Å². The number of H-pyrrole nitrogens is 1. The minimum atomic E-state index is -0.503. The Morgan fingerprint density at radius 1 is 1.16 bits per heavy atom. The van der Waals surface area contributed by atoms with Crippen LogP contribution in [0.5, 0.6) is 11.6 Å². The molecule has 5 rings (SSSR count). The molecule has 0 spiro atoms. The van der Waals surface area contributed by atoms with Crippen molar-refractivity contribution in [2.75, 3.05) is 13.2 Å². The SMILES string of the molecule is Cn1ncc2c1OCCCOc1cc(C(N)=O)ccc1/C=C/c1n[nH]c3cnc-2cc13. The standard InChI is InChI=1S/C22H20N6O3/c1-28-22-16(11-25-28)18-10-15-17(26-27-19(15)12-24-18)6-5-13-3-4-14(21(23)29)9-20(13)30-7-2-8-31-22/h3-6,9-12H,2,7-8H2,1H3,(H2,23,29)(H,26,27)/b6-5+. The van der Waals surface area contributed by atoms with Gasteiger partial charge in [-0.15, -0.1) is 0 Å². The number of pyridine rings is 1. The highest BCUT2D eigenvalue weighted by molar-refractivity contribution is 5.94. The van der Waals surface area contributed by atoms with E-state index < -0.39 is 5.91 Å². The van der Waals surface area contributed by atoms with Crippen molar-refractivity contribution in [3.8, 4) is 22.9 Å². The van der Waals surface area contributed by atoms with Gasteiger partial charge in [-0.2, -0.15) is 10.2 Å². The Hall–Kier alpha value is -4.14. The maximum atomic E-state index is 11.6. The lowest BCUT2D eigenvalue weighted by molar-refractivity contribution is 0.0999. The van der Waals surface area contributed by atoms with Gasteiger partial charge in [-0.3, -0.25) is 14.9 Å². The molecule has 3 N–H and O–H groups in total. The van der Waals surface area contributed by atoms with Crippen LogP contribution >= 0.6 is 0 Å². The fraction of sp³-hybridized carbons (Fsp3) is 0.182. The van der Waals surface area contributed by atoms with Gasteiger partial charge in [-0.05, 0) is 30.4 Å². The van der Waals surface area contributed by atoms with Crippen LogP contribution in [0.4, 0.5) is 0 Å². The molecule has 1 amide bonds. The van der Waals surface area contributed by atoms with E-state index in [4.69, 9.17) is 15.2 Å². The van der Waals surface area contributed by atoms with Crippen molar-refractivity contribution in [1.82, 2.24) is 25.0 Å². The predicted molar refractivity (Wildman–Crippen MR) is 116 cm³/mol. The summed E-state index contributed by atoms with van der Waals surface area (Å²) in [6.07, 6.45) is 7.94. The highest BCUT2D eigenvalue weighted by atomic mass is 16.5. The van der Waals surface area contributed by atoms with Gasteiger partial charge < -0.3 is 15.2 Å². The molecule has 3 aromatic heterocycles. The molecule has 0 fully saturated rings. The summed E-state index contributed by atoms with van der Waals surface area (Å²) in [5, 5.41) is 12.7. The molecule has 1 aliphatic heterocycles. The third-order valence-corrected chi connectivity index (χ3v) is 5.14. The molecule has 4 heterocycles. The molecule has 9 nitrogen and oxygen atoms in total. The van der Waals surface area contributed by atoms with Gasteiger partial charge in [0.15, 0.2) is 0 Å². The Labute approximate surface area is 177 Å². The largest absolute Gasteiger partial charge is 0.493 e. The molecule has 2 bridgehead atoms. The number of rotatable bonds is 1. The minimum absolute atomic E-state index is 0.391. The number of aryl methyl sites for hydroxylation is 1. The second-order valence-corrected chi connectivity index (χ2v) is 7.21. The first-order valence-corrected chi connectivity index (χ1v) is 9.84. The van der Waals surface area contributed by atoms with E-state index in [-0.39, 0.29) is 0 Å². The Morgan fingerprint density at radius 3 is 2.90 bits per heavy atom. The number of fused-ring (bicyclic) bond motifs is 4. The second-order valence-electron chi connectivity index (χ2n) is 7.21. The third-order valence-electron chi connectivity index (χ3n) is 5.14. The minimum Gasteiger partial charge on any atom is -0.493 e. The lowest BCUT2D eigenvalue weighted by Gasteiger charge is -2.12. The number of carbonyl (C=O) groups is 1. The number of amides is 1. The van der Waals surface area contributed by atoms with E-state index in [1.807, 2.05) is 31.3 Å². The molecule has 156 valence electrons. The van der Waals surface area contributed by atoms with Crippen molar-refractivity contribution in [3.63, 3.8) is 0 Å². The Morgan fingerprint density at radius 2 is 2.03 bits per heavy atom. The molecule has 1 aromatic carbocycles. The van der Waals surface area contributed by atoms with Crippen molar-refractivity contribution < 1.29 is 14.3 Å². The summed E-state index contributed by atoms with van der Waals surface area (Å²) < 4.78 is 13.6. The van der Waals surface area contributed by atoms with Gasteiger partial charge in [0.25, 0.3) is 0 Å². The zero-order valence-electron chi connectivity index (χ0n) is 16.8. The van der Waals surface area contributed by atoms with Crippen molar-refractivity contribution in [2.45, 2.75) is 6.42 Å².